The molecule has 0 aliphatic rings. The van der Waals surface area contributed by atoms with Gasteiger partial charge >= 0.3 is 0 Å². The summed E-state index contributed by atoms with van der Waals surface area (Å²) >= 11 is 3.48. The third kappa shape index (κ3) is 4.05. The smallest absolute Gasteiger partial charge is 0.215 e. The SMILES string of the molecule is COc1ccc(-c2nc(C)c(C(=O)c3cc(OC)c(OC)c(OC)c3)n2OC)cc1Br. The van der Waals surface area contributed by atoms with Gasteiger partial charge in [-0.25, -0.2) is 4.98 Å². The lowest BCUT2D eigenvalue weighted by Gasteiger charge is -2.14. The fourth-order valence-electron chi connectivity index (χ4n) is 3.28. The number of rotatable bonds is 8. The minimum Gasteiger partial charge on any atom is -0.496 e. The monoisotopic (exact) mass is 490 g/mol. The Labute approximate surface area is 188 Å². The molecule has 3 rings (SSSR count). The van der Waals surface area contributed by atoms with Gasteiger partial charge in [0.05, 0.1) is 38.6 Å². The van der Waals surface area contributed by atoms with Crippen molar-refractivity contribution in [2.45, 2.75) is 6.92 Å². The number of halogens is 1. The van der Waals surface area contributed by atoms with Crippen LogP contribution in [0, 0.1) is 6.92 Å². The summed E-state index contributed by atoms with van der Waals surface area (Å²) in [6.07, 6.45) is 0. The van der Waals surface area contributed by atoms with Crippen LogP contribution >= 0.6 is 15.9 Å². The largest absolute Gasteiger partial charge is 0.496 e. The number of carbonyl (C=O) groups is 1. The van der Waals surface area contributed by atoms with Crippen LogP contribution in [0.5, 0.6) is 23.0 Å². The standard InChI is InChI=1S/C22H23BrN2O6/c1-12-19(20(26)14-10-17(28-3)21(30-5)18(11-14)29-4)25(31-6)22(24-12)13-7-8-16(27-2)15(23)9-13/h7-11H,1-6H3. The molecule has 0 fully saturated rings. The number of aryl methyl sites for hydroxylation is 1. The molecule has 2 aromatic carbocycles. The number of hydrogen-bond acceptors (Lipinski definition) is 7. The molecule has 0 saturated heterocycles. The van der Waals surface area contributed by atoms with Gasteiger partial charge in [-0.2, -0.15) is 4.73 Å². The molecule has 0 saturated carbocycles. The predicted molar refractivity (Wildman–Crippen MR) is 119 cm³/mol. The Hall–Kier alpha value is -3.20. The van der Waals surface area contributed by atoms with E-state index in [-0.39, 0.29) is 5.78 Å². The van der Waals surface area contributed by atoms with E-state index in [1.807, 2.05) is 18.2 Å². The van der Waals surface area contributed by atoms with Crippen LogP contribution in [0.4, 0.5) is 0 Å². The third-order valence-corrected chi connectivity index (χ3v) is 5.37. The number of ether oxygens (including phenoxy) is 4. The zero-order chi connectivity index (χ0) is 22.7. The van der Waals surface area contributed by atoms with Gasteiger partial charge in [0, 0.05) is 11.1 Å². The molecule has 0 aliphatic heterocycles. The summed E-state index contributed by atoms with van der Waals surface area (Å²) in [5, 5.41) is 0. The molecule has 0 N–H and O–H groups in total. The number of methoxy groups -OCH3 is 4. The summed E-state index contributed by atoms with van der Waals surface area (Å²) < 4.78 is 23.5. The lowest BCUT2D eigenvalue weighted by Crippen LogP contribution is -2.17. The van der Waals surface area contributed by atoms with Crippen molar-refractivity contribution in [3.05, 3.63) is 51.8 Å². The number of imidazole rings is 1. The number of aromatic nitrogens is 2. The third-order valence-electron chi connectivity index (χ3n) is 4.75. The van der Waals surface area contributed by atoms with E-state index < -0.39 is 0 Å². The number of nitrogens with zero attached hydrogens (tertiary/aromatic N) is 2. The number of hydrogen-bond donors (Lipinski definition) is 0. The first-order valence-electron chi connectivity index (χ1n) is 9.22. The van der Waals surface area contributed by atoms with Crippen LogP contribution in [0.15, 0.2) is 34.8 Å². The molecule has 8 nitrogen and oxygen atoms in total. The first-order valence-corrected chi connectivity index (χ1v) is 10.0. The molecule has 0 unspecified atom stereocenters. The van der Waals surface area contributed by atoms with E-state index in [0.29, 0.717) is 45.8 Å². The maximum absolute atomic E-state index is 13.5. The second-order valence-electron chi connectivity index (χ2n) is 6.44. The van der Waals surface area contributed by atoms with Gasteiger partial charge in [-0.3, -0.25) is 4.79 Å². The zero-order valence-electron chi connectivity index (χ0n) is 18.1. The van der Waals surface area contributed by atoms with Crippen LogP contribution in [0.3, 0.4) is 0 Å². The Balaban J connectivity index is 2.14. The van der Waals surface area contributed by atoms with Crippen molar-refractivity contribution >= 4 is 21.7 Å². The van der Waals surface area contributed by atoms with E-state index in [4.69, 9.17) is 23.8 Å². The first-order chi connectivity index (χ1) is 14.9. The van der Waals surface area contributed by atoms with Gasteiger partial charge in [-0.15, -0.1) is 0 Å². The van der Waals surface area contributed by atoms with Crippen molar-refractivity contribution in [1.29, 1.82) is 0 Å². The van der Waals surface area contributed by atoms with Gasteiger partial charge in [0.15, 0.2) is 23.0 Å². The van der Waals surface area contributed by atoms with Gasteiger partial charge in [0.2, 0.25) is 11.5 Å². The highest BCUT2D eigenvalue weighted by Crippen LogP contribution is 2.39. The molecular formula is C22H23BrN2O6. The fraction of sp³-hybridized carbons (Fsp3) is 0.273. The van der Waals surface area contributed by atoms with Crippen LogP contribution in [0.1, 0.15) is 21.7 Å². The molecule has 0 radical (unpaired) electrons. The first kappa shape index (κ1) is 22.5. The average Bonchev–Trinajstić information content (AvgIpc) is 3.13. The van der Waals surface area contributed by atoms with Gasteiger partial charge in [-0.1, -0.05) is 0 Å². The highest BCUT2D eigenvalue weighted by Gasteiger charge is 2.26. The van der Waals surface area contributed by atoms with Gasteiger partial charge in [0.1, 0.15) is 12.9 Å². The Morgan fingerprint density at radius 1 is 0.903 bits per heavy atom. The molecule has 31 heavy (non-hydrogen) atoms. The van der Waals surface area contributed by atoms with Crippen LogP contribution in [-0.4, -0.2) is 51.0 Å². The van der Waals surface area contributed by atoms with E-state index in [0.717, 1.165) is 10.0 Å². The Morgan fingerprint density at radius 3 is 2.00 bits per heavy atom. The fourth-order valence-corrected chi connectivity index (χ4v) is 3.82. The van der Waals surface area contributed by atoms with Crippen LogP contribution < -0.4 is 23.8 Å². The van der Waals surface area contributed by atoms with Crippen molar-refractivity contribution in [1.82, 2.24) is 9.71 Å². The lowest BCUT2D eigenvalue weighted by molar-refractivity contribution is 0.0978. The molecule has 3 aromatic rings. The highest BCUT2D eigenvalue weighted by molar-refractivity contribution is 9.10. The van der Waals surface area contributed by atoms with E-state index in [1.54, 1.807) is 26.2 Å². The summed E-state index contributed by atoms with van der Waals surface area (Å²) in [6, 6.07) is 8.70. The van der Waals surface area contributed by atoms with Gasteiger partial charge < -0.3 is 23.8 Å². The lowest BCUT2D eigenvalue weighted by atomic mass is 10.1. The molecule has 0 bridgehead atoms. The second kappa shape index (κ2) is 9.30. The summed E-state index contributed by atoms with van der Waals surface area (Å²) in [6.45, 7) is 1.75. The molecule has 9 heteroatoms. The molecule has 1 heterocycles. The normalized spacial score (nSPS) is 10.5. The Morgan fingerprint density at radius 2 is 1.52 bits per heavy atom. The van der Waals surface area contributed by atoms with Gasteiger partial charge in [-0.05, 0) is 53.2 Å². The summed E-state index contributed by atoms with van der Waals surface area (Å²) in [7, 11) is 7.57. The van der Waals surface area contributed by atoms with Crippen molar-refractivity contribution in [2.24, 2.45) is 0 Å². The molecule has 1 aromatic heterocycles. The number of ketones is 1. The van der Waals surface area contributed by atoms with Crippen LogP contribution in [0.2, 0.25) is 0 Å². The molecular weight excluding hydrogens is 468 g/mol. The Bertz CT molecular complexity index is 1100. The van der Waals surface area contributed by atoms with E-state index in [1.165, 1.54) is 33.2 Å². The molecule has 0 amide bonds. The minimum absolute atomic E-state index is 0.290. The number of benzene rings is 2. The van der Waals surface area contributed by atoms with Crippen LogP contribution in [-0.2, 0) is 0 Å². The Kier molecular flexibility index (Phi) is 6.74. The quantitative estimate of drug-likeness (QED) is 0.442. The molecule has 0 spiro atoms. The summed E-state index contributed by atoms with van der Waals surface area (Å²) in [5.41, 5.74) is 1.90. The van der Waals surface area contributed by atoms with E-state index >= 15 is 0 Å². The van der Waals surface area contributed by atoms with Crippen LogP contribution in [0.25, 0.3) is 11.4 Å². The van der Waals surface area contributed by atoms with Crippen molar-refractivity contribution in [3.8, 4) is 34.4 Å². The average molecular weight is 491 g/mol. The highest BCUT2D eigenvalue weighted by atomic mass is 79.9. The zero-order valence-corrected chi connectivity index (χ0v) is 19.7. The molecule has 0 aliphatic carbocycles. The maximum Gasteiger partial charge on any atom is 0.215 e. The molecule has 164 valence electrons. The van der Waals surface area contributed by atoms with E-state index in [2.05, 4.69) is 20.9 Å². The predicted octanol–water partition coefficient (Wildman–Crippen LogP) is 3.94. The minimum atomic E-state index is -0.301. The maximum atomic E-state index is 13.5. The van der Waals surface area contributed by atoms with Crippen molar-refractivity contribution in [2.75, 3.05) is 35.5 Å². The molecule has 0 atom stereocenters. The summed E-state index contributed by atoms with van der Waals surface area (Å²) in [5.74, 6) is 2.03. The second-order valence-corrected chi connectivity index (χ2v) is 7.29. The van der Waals surface area contributed by atoms with E-state index in [9.17, 15) is 4.79 Å². The van der Waals surface area contributed by atoms with Crippen molar-refractivity contribution in [3.63, 3.8) is 0 Å². The van der Waals surface area contributed by atoms with Gasteiger partial charge in [0.25, 0.3) is 0 Å². The topological polar surface area (TPSA) is 81.0 Å². The van der Waals surface area contributed by atoms with Crippen molar-refractivity contribution < 1.29 is 28.6 Å². The summed E-state index contributed by atoms with van der Waals surface area (Å²) in [4.78, 5) is 23.6. The number of carbonyl (C=O) groups excluding carboxylic acids is 1.